The highest BCUT2D eigenvalue weighted by atomic mass is 19.4. The summed E-state index contributed by atoms with van der Waals surface area (Å²) >= 11 is 0. The summed E-state index contributed by atoms with van der Waals surface area (Å²) < 4.78 is 44.3. The lowest BCUT2D eigenvalue weighted by molar-refractivity contribution is -0.214. The number of aromatic nitrogens is 1. The van der Waals surface area contributed by atoms with Crippen molar-refractivity contribution >= 4 is 5.97 Å². The molecular formula is C42H58F3NO3. The molecule has 2 aromatic carbocycles. The molecule has 0 aliphatic rings. The fourth-order valence-corrected chi connectivity index (χ4v) is 6.43. The molecule has 270 valence electrons. The van der Waals surface area contributed by atoms with Crippen molar-refractivity contribution in [3.8, 4) is 22.4 Å². The van der Waals surface area contributed by atoms with Crippen molar-refractivity contribution in [1.82, 2.24) is 4.98 Å². The molecule has 1 heterocycles. The predicted molar refractivity (Wildman–Crippen MR) is 195 cm³/mol. The van der Waals surface area contributed by atoms with Gasteiger partial charge in [0.1, 0.15) is 0 Å². The first-order valence-electron chi connectivity index (χ1n) is 18.7. The van der Waals surface area contributed by atoms with Crippen molar-refractivity contribution in [2.45, 2.75) is 148 Å². The van der Waals surface area contributed by atoms with Gasteiger partial charge in [0.15, 0.2) is 6.10 Å². The number of carboxylic acid groups (broad SMARTS) is 1. The van der Waals surface area contributed by atoms with E-state index in [0.29, 0.717) is 19.3 Å². The first-order chi connectivity index (χ1) is 23.7. The SMILES string of the molecule is CCCCCCCCCCCCCCCc1ccc(-c2cc(C(CCCC(=O)O)CCOC(C)C(F)(F)F)ccc2-c2ccccc2)nc1. The van der Waals surface area contributed by atoms with Gasteiger partial charge in [-0.25, -0.2) is 0 Å². The highest BCUT2D eigenvalue weighted by Crippen LogP contribution is 2.36. The molecule has 0 aliphatic heterocycles. The number of pyridine rings is 1. The van der Waals surface area contributed by atoms with Gasteiger partial charge in [-0.15, -0.1) is 0 Å². The maximum Gasteiger partial charge on any atom is 0.414 e. The number of hydrogen-bond donors (Lipinski definition) is 1. The number of nitrogens with zero attached hydrogens (tertiary/aromatic N) is 1. The van der Waals surface area contributed by atoms with E-state index >= 15 is 0 Å². The smallest absolute Gasteiger partial charge is 0.414 e. The maximum absolute atomic E-state index is 13.1. The van der Waals surface area contributed by atoms with Crippen molar-refractivity contribution in [2.24, 2.45) is 0 Å². The molecule has 2 atom stereocenters. The van der Waals surface area contributed by atoms with Crippen LogP contribution in [0.25, 0.3) is 22.4 Å². The van der Waals surface area contributed by atoms with Crippen molar-refractivity contribution in [3.63, 3.8) is 0 Å². The van der Waals surface area contributed by atoms with Gasteiger partial charge in [0, 0.05) is 24.8 Å². The van der Waals surface area contributed by atoms with Crippen LogP contribution in [0.15, 0.2) is 66.9 Å². The number of carboxylic acids is 1. The van der Waals surface area contributed by atoms with E-state index in [0.717, 1.165) is 47.7 Å². The van der Waals surface area contributed by atoms with E-state index in [1.54, 1.807) is 0 Å². The Hall–Kier alpha value is -3.19. The summed E-state index contributed by atoms with van der Waals surface area (Å²) in [7, 11) is 0. The number of unbranched alkanes of at least 4 members (excludes halogenated alkanes) is 12. The second-order valence-corrected chi connectivity index (χ2v) is 13.5. The van der Waals surface area contributed by atoms with Crippen LogP contribution >= 0.6 is 0 Å². The number of carbonyl (C=O) groups is 1. The lowest BCUT2D eigenvalue weighted by Gasteiger charge is -2.22. The van der Waals surface area contributed by atoms with Crippen molar-refractivity contribution in [2.75, 3.05) is 6.61 Å². The number of aryl methyl sites for hydroxylation is 1. The molecule has 0 spiro atoms. The molecule has 0 saturated heterocycles. The summed E-state index contributed by atoms with van der Waals surface area (Å²) in [5.74, 6) is -1.04. The molecule has 2 unspecified atom stereocenters. The normalized spacial score (nSPS) is 13.0. The Balaban J connectivity index is 1.63. The standard InChI is InChI=1S/C42H58F3NO3/c1-3-4-5-6-7-8-9-10-11-12-13-14-16-20-34-25-28-40(46-32-34)39-31-37(26-27-38(39)36-21-17-15-18-22-36)35(23-19-24-41(47)48)29-30-49-33(2)42(43,44)45/h15,17-18,21-22,25-28,31-33,35H,3-14,16,19-20,23-24,29-30H2,1-2H3,(H,47,48). The number of halogens is 3. The molecule has 0 bridgehead atoms. The Morgan fingerprint density at radius 1 is 0.776 bits per heavy atom. The van der Waals surface area contributed by atoms with Crippen LogP contribution in [0, 0.1) is 0 Å². The van der Waals surface area contributed by atoms with Gasteiger partial charge in [-0.2, -0.15) is 13.2 Å². The highest BCUT2D eigenvalue weighted by Gasteiger charge is 2.36. The van der Waals surface area contributed by atoms with Crippen LogP contribution in [0.5, 0.6) is 0 Å². The fourth-order valence-electron chi connectivity index (χ4n) is 6.43. The Bertz CT molecular complexity index is 1330. The summed E-state index contributed by atoms with van der Waals surface area (Å²) in [5.41, 5.74) is 6.01. The van der Waals surface area contributed by atoms with Gasteiger partial charge in [0.05, 0.1) is 5.69 Å². The Labute approximate surface area is 292 Å². The zero-order valence-corrected chi connectivity index (χ0v) is 29.8. The molecule has 0 saturated carbocycles. The van der Waals surface area contributed by atoms with E-state index in [-0.39, 0.29) is 18.9 Å². The molecule has 0 aliphatic carbocycles. The first kappa shape index (κ1) is 40.2. The van der Waals surface area contributed by atoms with Gasteiger partial charge >= 0.3 is 12.1 Å². The Morgan fingerprint density at radius 3 is 1.98 bits per heavy atom. The number of rotatable bonds is 25. The van der Waals surface area contributed by atoms with Crippen molar-refractivity contribution < 1.29 is 27.8 Å². The molecule has 7 heteroatoms. The molecular weight excluding hydrogens is 623 g/mol. The molecule has 3 rings (SSSR count). The lowest BCUT2D eigenvalue weighted by atomic mass is 9.86. The number of hydrogen-bond acceptors (Lipinski definition) is 3. The van der Waals surface area contributed by atoms with Gasteiger partial charge in [0.2, 0.25) is 0 Å². The maximum atomic E-state index is 13.1. The number of ether oxygens (including phenoxy) is 1. The molecule has 1 aromatic heterocycles. The Morgan fingerprint density at radius 2 is 1.41 bits per heavy atom. The zero-order chi connectivity index (χ0) is 35.3. The highest BCUT2D eigenvalue weighted by molar-refractivity contribution is 5.82. The largest absolute Gasteiger partial charge is 0.481 e. The summed E-state index contributed by atoms with van der Waals surface area (Å²) in [6, 6.07) is 20.4. The minimum absolute atomic E-state index is 0.00748. The first-order valence-corrected chi connectivity index (χ1v) is 18.7. The average molecular weight is 682 g/mol. The predicted octanol–water partition coefficient (Wildman–Crippen LogP) is 12.7. The van der Waals surface area contributed by atoms with Crippen LogP contribution in [0.1, 0.15) is 140 Å². The van der Waals surface area contributed by atoms with Crippen LogP contribution < -0.4 is 0 Å². The van der Waals surface area contributed by atoms with Gasteiger partial charge < -0.3 is 9.84 Å². The lowest BCUT2D eigenvalue weighted by Crippen LogP contribution is -2.29. The molecule has 3 aromatic rings. The third-order valence-corrected chi connectivity index (χ3v) is 9.51. The fraction of sp³-hybridized carbons (Fsp3) is 0.571. The van der Waals surface area contributed by atoms with E-state index in [1.165, 1.54) is 82.6 Å². The molecule has 1 N–H and O–H groups in total. The third-order valence-electron chi connectivity index (χ3n) is 9.51. The molecule has 0 fully saturated rings. The average Bonchev–Trinajstić information content (AvgIpc) is 3.09. The van der Waals surface area contributed by atoms with Crippen molar-refractivity contribution in [3.05, 3.63) is 78.0 Å². The van der Waals surface area contributed by atoms with Crippen LogP contribution in [-0.2, 0) is 16.0 Å². The summed E-state index contributed by atoms with van der Waals surface area (Å²) in [6.45, 7) is 3.21. The van der Waals surface area contributed by atoms with E-state index < -0.39 is 18.2 Å². The topological polar surface area (TPSA) is 59.4 Å². The van der Waals surface area contributed by atoms with E-state index in [9.17, 15) is 23.1 Å². The number of benzene rings is 2. The minimum Gasteiger partial charge on any atom is -0.481 e. The monoisotopic (exact) mass is 681 g/mol. The number of alkyl halides is 3. The zero-order valence-electron chi connectivity index (χ0n) is 29.8. The van der Waals surface area contributed by atoms with Crippen molar-refractivity contribution in [1.29, 1.82) is 0 Å². The van der Waals surface area contributed by atoms with Crippen LogP contribution in [0.3, 0.4) is 0 Å². The van der Waals surface area contributed by atoms with Gasteiger partial charge in [-0.1, -0.05) is 133 Å². The third kappa shape index (κ3) is 15.5. The molecule has 0 amide bonds. The van der Waals surface area contributed by atoms with E-state index in [1.807, 2.05) is 36.5 Å². The van der Waals surface area contributed by atoms with Crippen LogP contribution in [0.4, 0.5) is 13.2 Å². The van der Waals surface area contributed by atoms with Gasteiger partial charge in [-0.3, -0.25) is 9.78 Å². The Kier molecular flexibility index (Phi) is 18.5. The van der Waals surface area contributed by atoms with Gasteiger partial charge in [-0.05, 0) is 79.3 Å². The quantitative estimate of drug-likeness (QED) is 0.0904. The molecule has 0 radical (unpaired) electrons. The van der Waals surface area contributed by atoms with Crippen LogP contribution in [0.2, 0.25) is 0 Å². The van der Waals surface area contributed by atoms with E-state index in [2.05, 4.69) is 37.3 Å². The second kappa shape index (κ2) is 22.5. The molecule has 49 heavy (non-hydrogen) atoms. The summed E-state index contributed by atoms with van der Waals surface area (Å²) in [4.78, 5) is 16.1. The van der Waals surface area contributed by atoms with Gasteiger partial charge in [0.25, 0.3) is 0 Å². The minimum atomic E-state index is -4.42. The molecule has 4 nitrogen and oxygen atoms in total. The van der Waals surface area contributed by atoms with E-state index in [4.69, 9.17) is 9.72 Å². The van der Waals surface area contributed by atoms with Crippen LogP contribution in [-0.4, -0.2) is 34.9 Å². The number of aliphatic carboxylic acids is 1. The summed E-state index contributed by atoms with van der Waals surface area (Å²) in [5, 5.41) is 9.21. The summed E-state index contributed by atoms with van der Waals surface area (Å²) in [6.07, 6.45) is 15.3. The second-order valence-electron chi connectivity index (χ2n) is 13.5.